The van der Waals surface area contributed by atoms with Gasteiger partial charge < -0.3 is 9.12 Å². The van der Waals surface area contributed by atoms with Crippen molar-refractivity contribution in [1.82, 2.24) is 9.55 Å². The van der Waals surface area contributed by atoms with Crippen LogP contribution < -0.4 is 4.90 Å². The Morgan fingerprint density at radius 1 is 1.11 bits per heavy atom. The average Bonchev–Trinajstić information content (AvgIpc) is 3.19. The lowest BCUT2D eigenvalue weighted by atomic mass is 10.1. The summed E-state index contributed by atoms with van der Waals surface area (Å²) in [5.74, 6) is -0.390. The average molecular weight is 405 g/mol. The van der Waals surface area contributed by atoms with Gasteiger partial charge in [0.05, 0.1) is 11.9 Å². The predicted molar refractivity (Wildman–Crippen MR) is 96.6 cm³/mol. The second kappa shape index (κ2) is 6.99. The number of carbonyl (C=O) groups excluding carboxylic acids is 1. The number of alkyl halides is 3. The highest BCUT2D eigenvalue weighted by Gasteiger charge is 2.39. The van der Waals surface area contributed by atoms with E-state index < -0.39 is 28.8 Å². The molecule has 0 saturated carbocycles. The molecule has 0 radical (unpaired) electrons. The fourth-order valence-electron chi connectivity index (χ4n) is 3.10. The highest BCUT2D eigenvalue weighted by molar-refractivity contribution is 7.92. The van der Waals surface area contributed by atoms with Crippen LogP contribution in [0.5, 0.6) is 0 Å². The number of anilines is 2. The van der Waals surface area contributed by atoms with Gasteiger partial charge >= 0.3 is 6.18 Å². The summed E-state index contributed by atoms with van der Waals surface area (Å²) in [6.45, 7) is 0.328. The Hall–Kier alpha value is -2.78. The third kappa shape index (κ3) is 3.27. The van der Waals surface area contributed by atoms with Crippen LogP contribution in [0.25, 0.3) is 0 Å². The Balaban J connectivity index is 1.78. The lowest BCUT2D eigenvalue weighted by Gasteiger charge is -2.31. The molecule has 0 saturated heterocycles. The quantitative estimate of drug-likeness (QED) is 0.616. The number of benzene rings is 2. The normalized spacial score (nSPS) is 15.9. The van der Waals surface area contributed by atoms with Crippen LogP contribution in [-0.2, 0) is 28.7 Å². The molecule has 28 heavy (non-hydrogen) atoms. The van der Waals surface area contributed by atoms with Gasteiger partial charge in [-0.1, -0.05) is 12.1 Å². The lowest BCUT2D eigenvalue weighted by Crippen LogP contribution is -2.32. The second-order valence-electron chi connectivity index (χ2n) is 6.20. The fourth-order valence-corrected chi connectivity index (χ4v) is 4.42. The summed E-state index contributed by atoms with van der Waals surface area (Å²) in [4.78, 5) is 18.7. The van der Waals surface area contributed by atoms with E-state index in [0.717, 1.165) is 12.1 Å². The summed E-state index contributed by atoms with van der Waals surface area (Å²) in [6, 6.07) is 9.50. The van der Waals surface area contributed by atoms with Crippen molar-refractivity contribution in [2.45, 2.75) is 28.9 Å². The predicted octanol–water partition coefficient (Wildman–Crippen LogP) is 4.14. The highest BCUT2D eigenvalue weighted by atomic mass is 32.2. The first-order valence-electron chi connectivity index (χ1n) is 8.37. The molecule has 0 aliphatic carbocycles. The number of imidazole rings is 1. The SMILES string of the molecule is O=C(CCn1ccnc1)N1c2ccccc2[S+]([O-])c2ccc(C(F)(F)F)cc21. The van der Waals surface area contributed by atoms with Gasteiger partial charge in [-0.3, -0.25) is 9.69 Å². The molecule has 4 rings (SSSR count). The van der Waals surface area contributed by atoms with Gasteiger partial charge in [0.2, 0.25) is 5.91 Å². The third-order valence-electron chi connectivity index (χ3n) is 4.43. The Bertz CT molecular complexity index is 1020. The number of fused-ring (bicyclic) bond motifs is 2. The topological polar surface area (TPSA) is 61.2 Å². The van der Waals surface area contributed by atoms with Crippen LogP contribution in [0.1, 0.15) is 12.0 Å². The fraction of sp³-hybridized carbons (Fsp3) is 0.158. The molecular weight excluding hydrogens is 391 g/mol. The smallest absolute Gasteiger partial charge is 0.416 e. The van der Waals surface area contributed by atoms with Crippen molar-refractivity contribution in [1.29, 1.82) is 0 Å². The summed E-state index contributed by atoms with van der Waals surface area (Å²) < 4.78 is 54.2. The molecule has 5 nitrogen and oxygen atoms in total. The Morgan fingerprint density at radius 3 is 2.57 bits per heavy atom. The van der Waals surface area contributed by atoms with E-state index in [-0.39, 0.29) is 17.0 Å². The summed E-state index contributed by atoms with van der Waals surface area (Å²) in [7, 11) is 0. The molecule has 9 heteroatoms. The minimum Gasteiger partial charge on any atom is -0.606 e. The highest BCUT2D eigenvalue weighted by Crippen LogP contribution is 2.46. The Morgan fingerprint density at radius 2 is 1.86 bits per heavy atom. The number of nitrogens with zero attached hydrogens (tertiary/aromatic N) is 3. The van der Waals surface area contributed by atoms with E-state index in [1.54, 1.807) is 47.6 Å². The molecule has 1 aliphatic rings. The maximum absolute atomic E-state index is 13.2. The summed E-state index contributed by atoms with van der Waals surface area (Å²) >= 11 is -1.67. The van der Waals surface area contributed by atoms with Crippen molar-refractivity contribution in [2.75, 3.05) is 4.90 Å². The zero-order valence-corrected chi connectivity index (χ0v) is 15.2. The number of hydrogen-bond acceptors (Lipinski definition) is 3. The van der Waals surface area contributed by atoms with Gasteiger partial charge in [-0.25, -0.2) is 4.98 Å². The van der Waals surface area contributed by atoms with Crippen LogP contribution in [0.4, 0.5) is 24.5 Å². The van der Waals surface area contributed by atoms with E-state index in [4.69, 9.17) is 0 Å². The number of para-hydroxylation sites is 1. The van der Waals surface area contributed by atoms with Crippen molar-refractivity contribution >= 4 is 28.5 Å². The first-order valence-corrected chi connectivity index (χ1v) is 9.52. The molecule has 1 amide bonds. The van der Waals surface area contributed by atoms with Gasteiger partial charge in [0.15, 0.2) is 9.79 Å². The van der Waals surface area contributed by atoms with E-state index in [1.807, 2.05) is 0 Å². The lowest BCUT2D eigenvalue weighted by molar-refractivity contribution is -0.137. The summed E-state index contributed by atoms with van der Waals surface area (Å²) in [6.07, 6.45) is 0.311. The maximum atomic E-state index is 13.2. The van der Waals surface area contributed by atoms with Crippen LogP contribution in [0, 0.1) is 0 Å². The van der Waals surface area contributed by atoms with E-state index in [9.17, 15) is 22.5 Å². The zero-order valence-electron chi connectivity index (χ0n) is 14.4. The Kier molecular flexibility index (Phi) is 4.64. The van der Waals surface area contributed by atoms with Crippen molar-refractivity contribution in [3.8, 4) is 0 Å². The molecule has 2 heterocycles. The van der Waals surface area contributed by atoms with Gasteiger partial charge in [0.25, 0.3) is 0 Å². The second-order valence-corrected chi connectivity index (χ2v) is 7.61. The molecule has 2 aromatic carbocycles. The van der Waals surface area contributed by atoms with Gasteiger partial charge in [0, 0.05) is 36.5 Å². The molecule has 0 spiro atoms. The van der Waals surface area contributed by atoms with Gasteiger partial charge in [-0.2, -0.15) is 13.2 Å². The molecule has 0 bridgehead atoms. The zero-order chi connectivity index (χ0) is 19.9. The minimum atomic E-state index is -4.57. The summed E-state index contributed by atoms with van der Waals surface area (Å²) in [5.41, 5.74) is -0.555. The number of hydrogen-bond donors (Lipinski definition) is 0. The van der Waals surface area contributed by atoms with Gasteiger partial charge in [-0.15, -0.1) is 0 Å². The van der Waals surface area contributed by atoms with Crippen molar-refractivity contribution in [3.63, 3.8) is 0 Å². The molecule has 3 aromatic rings. The maximum Gasteiger partial charge on any atom is 0.416 e. The largest absolute Gasteiger partial charge is 0.606 e. The molecular formula is C19H14F3N3O2S. The van der Waals surface area contributed by atoms with Crippen LogP contribution in [-0.4, -0.2) is 20.0 Å². The first-order chi connectivity index (χ1) is 13.4. The van der Waals surface area contributed by atoms with E-state index in [1.165, 1.54) is 11.0 Å². The Labute approximate surface area is 161 Å². The third-order valence-corrected chi connectivity index (χ3v) is 5.91. The standard InChI is InChI=1S/C19H14F3N3O2S/c20-19(21,22)13-5-6-17-15(11-13)25(14-3-1-2-4-16(14)28(17)27)18(26)7-9-24-10-8-23-12-24/h1-6,8,10-12H,7,9H2. The van der Waals surface area contributed by atoms with Crippen LogP contribution in [0.2, 0.25) is 0 Å². The first kappa shape index (κ1) is 18.6. The monoisotopic (exact) mass is 405 g/mol. The van der Waals surface area contributed by atoms with Crippen molar-refractivity contribution in [2.24, 2.45) is 0 Å². The number of halogens is 3. The molecule has 0 fully saturated rings. The number of carbonyl (C=O) groups is 1. The van der Waals surface area contributed by atoms with E-state index in [2.05, 4.69) is 4.98 Å². The number of rotatable bonds is 3. The number of amides is 1. The van der Waals surface area contributed by atoms with Crippen molar-refractivity contribution in [3.05, 3.63) is 66.7 Å². The van der Waals surface area contributed by atoms with Crippen LogP contribution in [0.15, 0.2) is 71.0 Å². The van der Waals surface area contributed by atoms with E-state index >= 15 is 0 Å². The molecule has 1 atom stereocenters. The van der Waals surface area contributed by atoms with Crippen LogP contribution in [0.3, 0.4) is 0 Å². The van der Waals surface area contributed by atoms with Crippen LogP contribution >= 0.6 is 0 Å². The molecule has 144 valence electrons. The molecule has 0 N–H and O–H groups in total. The molecule has 1 aromatic heterocycles. The minimum absolute atomic E-state index is 0.00231. The van der Waals surface area contributed by atoms with E-state index in [0.29, 0.717) is 17.1 Å². The number of aromatic nitrogens is 2. The van der Waals surface area contributed by atoms with Gasteiger partial charge in [-0.05, 0) is 30.3 Å². The van der Waals surface area contributed by atoms with Crippen molar-refractivity contribution < 1.29 is 22.5 Å². The number of aryl methyl sites for hydroxylation is 1. The molecule has 1 aliphatic heterocycles. The summed E-state index contributed by atoms with van der Waals surface area (Å²) in [5, 5.41) is 0. The van der Waals surface area contributed by atoms with Gasteiger partial charge in [0.1, 0.15) is 11.4 Å². The molecule has 1 unspecified atom stereocenters.